The molecule has 6 nitrogen and oxygen atoms in total. The Balaban J connectivity index is 1.68. The quantitative estimate of drug-likeness (QED) is 0.163. The summed E-state index contributed by atoms with van der Waals surface area (Å²) in [5.41, 5.74) is 3.84. The number of carbonyl (C=O) groups is 2. The smallest absolute Gasteiger partial charge is 0.301 e. The van der Waals surface area contributed by atoms with Crippen LogP contribution in [0, 0.1) is 6.92 Å². The Morgan fingerprint density at radius 3 is 2.33 bits per heavy atom. The number of ketones is 1. The second kappa shape index (κ2) is 9.97. The van der Waals surface area contributed by atoms with Crippen molar-refractivity contribution in [2.45, 2.75) is 59.1 Å². The van der Waals surface area contributed by atoms with Crippen molar-refractivity contribution in [3.8, 4) is 5.75 Å². The van der Waals surface area contributed by atoms with Crippen LogP contribution in [0.2, 0.25) is 0 Å². The van der Waals surface area contributed by atoms with Gasteiger partial charge in [0.05, 0.1) is 27.9 Å². The van der Waals surface area contributed by atoms with Crippen LogP contribution < -0.4 is 9.64 Å². The number of aliphatic hydroxyl groups excluding tert-OH is 1. The average Bonchev–Trinajstić information content (AvgIpc) is 3.42. The van der Waals surface area contributed by atoms with E-state index in [0.717, 1.165) is 26.9 Å². The monoisotopic (exact) mass is 540 g/mol. The van der Waals surface area contributed by atoms with E-state index in [1.807, 2.05) is 69.3 Å². The molecule has 1 aliphatic heterocycles. The van der Waals surface area contributed by atoms with Gasteiger partial charge in [-0.3, -0.25) is 14.5 Å². The standard InChI is InChI=1S/C32H32N2O4S/c1-18(2)38-24-16-13-21(17-19(24)3)28(35)26-27(20-11-14-22(15-12-20)32(4,5)6)34(30(37)29(26)36)31-33-23-9-7-8-10-25(23)39-31/h7-18,27,35H,1-6H3/b28-26+. The highest BCUT2D eigenvalue weighted by molar-refractivity contribution is 7.22. The lowest BCUT2D eigenvalue weighted by Gasteiger charge is -2.25. The topological polar surface area (TPSA) is 79.7 Å². The SMILES string of the molecule is Cc1cc(/C(O)=C2\C(=O)C(=O)N(c3nc4ccccc4s3)C2c2ccc(C(C)(C)C)cc2)ccc1OC(C)C. The van der Waals surface area contributed by atoms with Gasteiger partial charge in [-0.15, -0.1) is 0 Å². The summed E-state index contributed by atoms with van der Waals surface area (Å²) in [6, 6.07) is 19.9. The normalized spacial score (nSPS) is 17.4. The summed E-state index contributed by atoms with van der Waals surface area (Å²) in [5.74, 6) is -0.972. The van der Waals surface area contributed by atoms with Crippen LogP contribution in [0.25, 0.3) is 16.0 Å². The van der Waals surface area contributed by atoms with E-state index in [0.29, 0.717) is 16.4 Å². The maximum Gasteiger partial charge on any atom is 0.301 e. The lowest BCUT2D eigenvalue weighted by molar-refractivity contribution is -0.132. The third-order valence-electron chi connectivity index (χ3n) is 6.84. The lowest BCUT2D eigenvalue weighted by Crippen LogP contribution is -2.29. The van der Waals surface area contributed by atoms with Crippen LogP contribution in [0.15, 0.2) is 72.3 Å². The highest BCUT2D eigenvalue weighted by Crippen LogP contribution is 2.44. The Bertz CT molecular complexity index is 1580. The molecule has 1 N–H and O–H groups in total. The number of carbonyl (C=O) groups excluding carboxylic acids is 2. The molecule has 39 heavy (non-hydrogen) atoms. The van der Waals surface area contributed by atoms with E-state index in [2.05, 4.69) is 25.8 Å². The Hall–Kier alpha value is -3.97. The first-order valence-electron chi connectivity index (χ1n) is 13.0. The number of hydrogen-bond acceptors (Lipinski definition) is 6. The van der Waals surface area contributed by atoms with Crippen molar-refractivity contribution in [3.63, 3.8) is 0 Å². The molecule has 2 heterocycles. The minimum absolute atomic E-state index is 0.00153. The maximum absolute atomic E-state index is 13.6. The third-order valence-corrected chi connectivity index (χ3v) is 7.87. The van der Waals surface area contributed by atoms with Gasteiger partial charge in [-0.25, -0.2) is 4.98 Å². The van der Waals surface area contributed by atoms with Crippen LogP contribution in [-0.2, 0) is 15.0 Å². The highest BCUT2D eigenvalue weighted by atomic mass is 32.1. The average molecular weight is 541 g/mol. The number of para-hydroxylation sites is 1. The van der Waals surface area contributed by atoms with E-state index in [9.17, 15) is 14.7 Å². The van der Waals surface area contributed by atoms with E-state index in [4.69, 9.17) is 4.74 Å². The van der Waals surface area contributed by atoms with Gasteiger partial charge in [-0.05, 0) is 73.2 Å². The Morgan fingerprint density at radius 2 is 1.72 bits per heavy atom. The fourth-order valence-corrected chi connectivity index (χ4v) is 5.80. The number of aliphatic hydroxyl groups is 1. The van der Waals surface area contributed by atoms with E-state index in [1.54, 1.807) is 18.2 Å². The Morgan fingerprint density at radius 1 is 1.03 bits per heavy atom. The molecule has 1 saturated heterocycles. The van der Waals surface area contributed by atoms with Crippen molar-refractivity contribution in [1.29, 1.82) is 0 Å². The first-order valence-corrected chi connectivity index (χ1v) is 13.8. The van der Waals surface area contributed by atoms with Gasteiger partial charge in [0.25, 0.3) is 5.78 Å². The van der Waals surface area contributed by atoms with Gasteiger partial charge in [-0.2, -0.15) is 0 Å². The summed E-state index contributed by atoms with van der Waals surface area (Å²) in [6.07, 6.45) is -0.00153. The van der Waals surface area contributed by atoms with Gasteiger partial charge in [-0.1, -0.05) is 68.5 Å². The second-order valence-corrected chi connectivity index (χ2v) is 12.2. The second-order valence-electron chi connectivity index (χ2n) is 11.2. The molecule has 4 aromatic rings. The van der Waals surface area contributed by atoms with Gasteiger partial charge in [0.2, 0.25) is 0 Å². The molecule has 5 rings (SSSR count). The number of fused-ring (bicyclic) bond motifs is 1. The molecule has 1 fully saturated rings. The fourth-order valence-electron chi connectivity index (χ4n) is 4.81. The molecule has 0 bridgehead atoms. The van der Waals surface area contributed by atoms with Crippen LogP contribution in [0.1, 0.15) is 62.9 Å². The number of amides is 1. The van der Waals surface area contributed by atoms with E-state index < -0.39 is 17.7 Å². The summed E-state index contributed by atoms with van der Waals surface area (Å²) in [6.45, 7) is 12.2. The summed E-state index contributed by atoms with van der Waals surface area (Å²) in [7, 11) is 0. The zero-order chi connectivity index (χ0) is 28.1. The molecule has 0 radical (unpaired) electrons. The maximum atomic E-state index is 13.6. The van der Waals surface area contributed by atoms with E-state index in [-0.39, 0.29) is 22.9 Å². The third kappa shape index (κ3) is 4.94. The zero-order valence-electron chi connectivity index (χ0n) is 23.0. The molecule has 0 saturated carbocycles. The molecular weight excluding hydrogens is 508 g/mol. The number of aryl methyl sites for hydroxylation is 1. The summed E-state index contributed by atoms with van der Waals surface area (Å²) >= 11 is 1.35. The number of thiazole rings is 1. The van der Waals surface area contributed by atoms with Gasteiger partial charge in [0, 0.05) is 5.56 Å². The zero-order valence-corrected chi connectivity index (χ0v) is 23.8. The predicted molar refractivity (Wildman–Crippen MR) is 156 cm³/mol. The van der Waals surface area contributed by atoms with Crippen LogP contribution in [0.5, 0.6) is 5.75 Å². The number of Topliss-reactive ketones (excluding diaryl/α,β-unsaturated/α-hetero) is 1. The molecule has 1 atom stereocenters. The van der Waals surface area contributed by atoms with Crippen molar-refractivity contribution < 1.29 is 19.4 Å². The van der Waals surface area contributed by atoms with Crippen LogP contribution in [0.3, 0.4) is 0 Å². The van der Waals surface area contributed by atoms with Crippen LogP contribution in [-0.4, -0.2) is 27.9 Å². The predicted octanol–water partition coefficient (Wildman–Crippen LogP) is 7.32. The Labute approximate surface area is 232 Å². The molecule has 1 aliphatic rings. The lowest BCUT2D eigenvalue weighted by atomic mass is 9.85. The van der Waals surface area contributed by atoms with Crippen molar-refractivity contribution in [2.75, 3.05) is 4.90 Å². The summed E-state index contributed by atoms with van der Waals surface area (Å²) in [5, 5.41) is 12.0. The van der Waals surface area contributed by atoms with Crippen molar-refractivity contribution >= 4 is 44.1 Å². The molecule has 7 heteroatoms. The highest BCUT2D eigenvalue weighted by Gasteiger charge is 2.48. The van der Waals surface area contributed by atoms with Crippen molar-refractivity contribution in [3.05, 3.63) is 94.6 Å². The molecule has 0 spiro atoms. The number of anilines is 1. The van der Waals surface area contributed by atoms with Crippen LogP contribution >= 0.6 is 11.3 Å². The molecule has 1 amide bonds. The molecular formula is C32H32N2O4S. The fraction of sp³-hybridized carbons (Fsp3) is 0.281. The van der Waals surface area contributed by atoms with Gasteiger partial charge in [0.1, 0.15) is 11.5 Å². The number of benzene rings is 3. The van der Waals surface area contributed by atoms with Gasteiger partial charge >= 0.3 is 5.91 Å². The Kier molecular flexibility index (Phi) is 6.81. The minimum atomic E-state index is -0.827. The molecule has 1 unspecified atom stereocenters. The number of rotatable bonds is 5. The largest absolute Gasteiger partial charge is 0.507 e. The first-order chi connectivity index (χ1) is 18.5. The minimum Gasteiger partial charge on any atom is -0.507 e. The first kappa shape index (κ1) is 26.6. The summed E-state index contributed by atoms with van der Waals surface area (Å²) < 4.78 is 6.75. The van der Waals surface area contributed by atoms with Crippen molar-refractivity contribution in [1.82, 2.24) is 4.98 Å². The number of aromatic nitrogens is 1. The van der Waals surface area contributed by atoms with Crippen LogP contribution in [0.4, 0.5) is 5.13 Å². The van der Waals surface area contributed by atoms with E-state index in [1.165, 1.54) is 16.2 Å². The molecule has 200 valence electrons. The molecule has 1 aromatic heterocycles. The molecule has 3 aromatic carbocycles. The number of ether oxygens (including phenoxy) is 1. The number of hydrogen-bond donors (Lipinski definition) is 1. The van der Waals surface area contributed by atoms with E-state index >= 15 is 0 Å². The summed E-state index contributed by atoms with van der Waals surface area (Å²) in [4.78, 5) is 33.2. The van der Waals surface area contributed by atoms with Gasteiger partial charge < -0.3 is 9.84 Å². The number of nitrogens with zero attached hydrogens (tertiary/aromatic N) is 2. The molecule has 0 aliphatic carbocycles. The van der Waals surface area contributed by atoms with Crippen molar-refractivity contribution in [2.24, 2.45) is 0 Å². The van der Waals surface area contributed by atoms with Gasteiger partial charge in [0.15, 0.2) is 5.13 Å².